The first-order valence-electron chi connectivity index (χ1n) is 10.2. The molecule has 0 atom stereocenters. The lowest BCUT2D eigenvalue weighted by atomic mass is 9.72. The molecule has 146 valence electrons. The van der Waals surface area contributed by atoms with Crippen molar-refractivity contribution in [2.24, 2.45) is 5.73 Å². The van der Waals surface area contributed by atoms with E-state index < -0.39 is 0 Å². The highest BCUT2D eigenvalue weighted by atomic mass is 14.5. The zero-order valence-corrected chi connectivity index (χ0v) is 18.1. The van der Waals surface area contributed by atoms with Gasteiger partial charge >= 0.3 is 0 Å². The third-order valence-corrected chi connectivity index (χ3v) is 5.35. The summed E-state index contributed by atoms with van der Waals surface area (Å²) >= 11 is 0. The van der Waals surface area contributed by atoms with Gasteiger partial charge in [0.15, 0.2) is 0 Å². The molecule has 0 amide bonds. The molecule has 0 spiro atoms. The van der Waals surface area contributed by atoms with E-state index in [0.717, 1.165) is 0 Å². The second-order valence-corrected chi connectivity index (χ2v) is 9.67. The van der Waals surface area contributed by atoms with Gasteiger partial charge in [-0.1, -0.05) is 108 Å². The first kappa shape index (κ1) is 20.4. The molecule has 1 heteroatoms. The summed E-state index contributed by atoms with van der Waals surface area (Å²) in [5.74, 6) is 0. The molecule has 0 aromatic heterocycles. The van der Waals surface area contributed by atoms with E-state index in [1.807, 2.05) is 0 Å². The van der Waals surface area contributed by atoms with Crippen LogP contribution < -0.4 is 5.73 Å². The first-order chi connectivity index (χ1) is 13.1. The van der Waals surface area contributed by atoms with Crippen LogP contribution in [0.5, 0.6) is 0 Å². The molecule has 0 heterocycles. The fourth-order valence-corrected chi connectivity index (χ4v) is 4.06. The highest BCUT2D eigenvalue weighted by Crippen LogP contribution is 2.42. The summed E-state index contributed by atoms with van der Waals surface area (Å²) in [5.41, 5.74) is 15.3. The van der Waals surface area contributed by atoms with Crippen molar-refractivity contribution in [3.05, 3.63) is 83.4 Å². The molecule has 0 aliphatic carbocycles. The third-order valence-electron chi connectivity index (χ3n) is 5.35. The standard InChI is InChI=1S/C27H33N/c1-26(2,3)23-17-16-22(18-28)25(27(4,5)6)24(23)21-14-12-20(13-15-21)19-10-8-7-9-11-19/h7-17H,18,28H2,1-6H3. The zero-order valence-electron chi connectivity index (χ0n) is 18.1. The molecule has 0 radical (unpaired) electrons. The molecule has 0 aliphatic heterocycles. The van der Waals surface area contributed by atoms with Crippen molar-refractivity contribution in [3.63, 3.8) is 0 Å². The summed E-state index contributed by atoms with van der Waals surface area (Å²) in [6.07, 6.45) is 0. The lowest BCUT2D eigenvalue weighted by molar-refractivity contribution is 0.566. The van der Waals surface area contributed by atoms with Crippen LogP contribution in [0, 0.1) is 0 Å². The Morgan fingerprint density at radius 3 is 1.64 bits per heavy atom. The summed E-state index contributed by atoms with van der Waals surface area (Å²) in [6.45, 7) is 14.3. The largest absolute Gasteiger partial charge is 0.326 e. The Morgan fingerprint density at radius 2 is 1.14 bits per heavy atom. The highest BCUT2D eigenvalue weighted by molar-refractivity contribution is 5.77. The number of benzene rings is 3. The van der Waals surface area contributed by atoms with Gasteiger partial charge in [0, 0.05) is 6.54 Å². The minimum absolute atomic E-state index is 0.0173. The van der Waals surface area contributed by atoms with Gasteiger partial charge < -0.3 is 5.73 Å². The van der Waals surface area contributed by atoms with Crippen molar-refractivity contribution in [3.8, 4) is 22.3 Å². The van der Waals surface area contributed by atoms with E-state index in [0.29, 0.717) is 6.54 Å². The first-order valence-corrected chi connectivity index (χ1v) is 10.2. The molecule has 1 nitrogen and oxygen atoms in total. The van der Waals surface area contributed by atoms with Crippen molar-refractivity contribution < 1.29 is 0 Å². The van der Waals surface area contributed by atoms with Gasteiger partial charge in [-0.2, -0.15) is 0 Å². The minimum atomic E-state index is 0.0173. The van der Waals surface area contributed by atoms with Crippen molar-refractivity contribution in [2.45, 2.75) is 58.9 Å². The van der Waals surface area contributed by atoms with Gasteiger partial charge in [0.1, 0.15) is 0 Å². The van der Waals surface area contributed by atoms with E-state index in [1.165, 1.54) is 38.9 Å². The summed E-state index contributed by atoms with van der Waals surface area (Å²) in [6, 6.07) is 24.0. The monoisotopic (exact) mass is 371 g/mol. The van der Waals surface area contributed by atoms with E-state index >= 15 is 0 Å². The van der Waals surface area contributed by atoms with Crippen LogP contribution in [-0.2, 0) is 17.4 Å². The van der Waals surface area contributed by atoms with Gasteiger partial charge in [-0.05, 0) is 49.8 Å². The molecule has 0 saturated heterocycles. The third kappa shape index (κ3) is 4.05. The van der Waals surface area contributed by atoms with Gasteiger partial charge in [-0.25, -0.2) is 0 Å². The van der Waals surface area contributed by atoms with Crippen LogP contribution in [0.15, 0.2) is 66.7 Å². The summed E-state index contributed by atoms with van der Waals surface area (Å²) < 4.78 is 0. The van der Waals surface area contributed by atoms with Crippen molar-refractivity contribution in [1.29, 1.82) is 0 Å². The van der Waals surface area contributed by atoms with Crippen LogP contribution in [0.25, 0.3) is 22.3 Å². The fourth-order valence-electron chi connectivity index (χ4n) is 4.06. The number of rotatable bonds is 3. The number of hydrogen-bond donors (Lipinski definition) is 1. The Balaban J connectivity index is 2.25. The maximum atomic E-state index is 6.15. The molecule has 0 unspecified atom stereocenters. The number of nitrogens with two attached hydrogens (primary N) is 1. The van der Waals surface area contributed by atoms with Crippen LogP contribution in [0.1, 0.15) is 58.2 Å². The van der Waals surface area contributed by atoms with Gasteiger partial charge in [0.2, 0.25) is 0 Å². The molecular weight excluding hydrogens is 338 g/mol. The zero-order chi connectivity index (χ0) is 20.5. The molecular formula is C27H33N. The quantitative estimate of drug-likeness (QED) is 0.523. The minimum Gasteiger partial charge on any atom is -0.326 e. The topological polar surface area (TPSA) is 26.0 Å². The van der Waals surface area contributed by atoms with Crippen LogP contribution in [0.2, 0.25) is 0 Å². The molecule has 0 saturated carbocycles. The lowest BCUT2D eigenvalue weighted by Crippen LogP contribution is -2.22. The number of hydrogen-bond acceptors (Lipinski definition) is 1. The van der Waals surface area contributed by atoms with E-state index in [2.05, 4.69) is 108 Å². The normalized spacial score (nSPS) is 12.2. The average molecular weight is 372 g/mol. The summed E-state index contributed by atoms with van der Waals surface area (Å²) in [5, 5.41) is 0. The molecule has 0 bridgehead atoms. The second-order valence-electron chi connectivity index (χ2n) is 9.67. The molecule has 3 aromatic rings. The van der Waals surface area contributed by atoms with Crippen LogP contribution in [-0.4, -0.2) is 0 Å². The Labute approximate surface area is 170 Å². The molecule has 0 fully saturated rings. The van der Waals surface area contributed by atoms with E-state index in [-0.39, 0.29) is 10.8 Å². The summed E-state index contributed by atoms with van der Waals surface area (Å²) in [4.78, 5) is 0. The Kier molecular flexibility index (Phi) is 5.50. The van der Waals surface area contributed by atoms with Gasteiger partial charge in [0.05, 0.1) is 0 Å². The van der Waals surface area contributed by atoms with Gasteiger partial charge in [-0.3, -0.25) is 0 Å². The molecule has 28 heavy (non-hydrogen) atoms. The van der Waals surface area contributed by atoms with Crippen molar-refractivity contribution >= 4 is 0 Å². The second kappa shape index (κ2) is 7.56. The summed E-state index contributed by atoms with van der Waals surface area (Å²) in [7, 11) is 0. The van der Waals surface area contributed by atoms with Crippen LogP contribution >= 0.6 is 0 Å². The SMILES string of the molecule is CC(C)(C)c1ccc(CN)c(C(C)(C)C)c1-c1ccc(-c2ccccc2)cc1. The molecule has 0 aliphatic rings. The van der Waals surface area contributed by atoms with Crippen molar-refractivity contribution in [2.75, 3.05) is 0 Å². The smallest absolute Gasteiger partial charge is 0.0181 e. The van der Waals surface area contributed by atoms with Gasteiger partial charge in [0.25, 0.3) is 0 Å². The van der Waals surface area contributed by atoms with Crippen LogP contribution in [0.4, 0.5) is 0 Å². The Bertz CT molecular complexity index is 937. The van der Waals surface area contributed by atoms with Crippen molar-refractivity contribution in [1.82, 2.24) is 0 Å². The Morgan fingerprint density at radius 1 is 0.607 bits per heavy atom. The average Bonchev–Trinajstić information content (AvgIpc) is 2.66. The van der Waals surface area contributed by atoms with E-state index in [4.69, 9.17) is 5.73 Å². The Hall–Kier alpha value is -2.38. The predicted octanol–water partition coefficient (Wildman–Crippen LogP) is 7.07. The highest BCUT2D eigenvalue weighted by Gasteiger charge is 2.28. The molecule has 3 rings (SSSR count). The van der Waals surface area contributed by atoms with E-state index in [1.54, 1.807) is 0 Å². The predicted molar refractivity (Wildman–Crippen MR) is 123 cm³/mol. The van der Waals surface area contributed by atoms with E-state index in [9.17, 15) is 0 Å². The maximum Gasteiger partial charge on any atom is 0.0181 e. The van der Waals surface area contributed by atoms with Gasteiger partial charge in [-0.15, -0.1) is 0 Å². The maximum absolute atomic E-state index is 6.15. The van der Waals surface area contributed by atoms with Crippen LogP contribution in [0.3, 0.4) is 0 Å². The molecule has 3 aromatic carbocycles. The lowest BCUT2D eigenvalue weighted by Gasteiger charge is -2.32. The molecule has 2 N–H and O–H groups in total. The fraction of sp³-hybridized carbons (Fsp3) is 0.333.